The summed E-state index contributed by atoms with van der Waals surface area (Å²) in [5, 5.41) is 8.67. The predicted molar refractivity (Wildman–Crippen MR) is 47.7 cm³/mol. The van der Waals surface area contributed by atoms with Crippen LogP contribution in [0.1, 0.15) is 23.6 Å². The molecule has 2 atom stereocenters. The van der Waals surface area contributed by atoms with Gasteiger partial charge in [0, 0.05) is 12.1 Å². The maximum absolute atomic E-state index is 12.6. The molecule has 86 valence electrons. The maximum atomic E-state index is 12.6. The van der Waals surface area contributed by atoms with Crippen LogP contribution in [0.5, 0.6) is 0 Å². The van der Waals surface area contributed by atoms with Gasteiger partial charge in [-0.25, -0.2) is 0 Å². The second-order valence-corrected chi connectivity index (χ2v) is 3.72. The number of hydrogen-bond donors (Lipinski definition) is 1. The average Bonchev–Trinajstić information content (AvgIpc) is 2.95. The van der Waals surface area contributed by atoms with Crippen LogP contribution in [-0.2, 0) is 11.0 Å². The summed E-state index contributed by atoms with van der Waals surface area (Å²) < 4.78 is 37.7. The van der Waals surface area contributed by atoms with Crippen molar-refractivity contribution in [3.05, 3.63) is 29.6 Å². The Kier molecular flexibility index (Phi) is 2.36. The van der Waals surface area contributed by atoms with Gasteiger partial charge < -0.3 is 5.11 Å². The monoisotopic (exact) mass is 231 g/mol. The lowest BCUT2D eigenvalue weighted by Crippen LogP contribution is -2.11. The Balaban J connectivity index is 2.33. The summed E-state index contributed by atoms with van der Waals surface area (Å²) in [6.07, 6.45) is -2.99. The second kappa shape index (κ2) is 3.47. The number of pyridine rings is 1. The van der Waals surface area contributed by atoms with E-state index in [4.69, 9.17) is 5.11 Å². The molecule has 1 saturated carbocycles. The van der Waals surface area contributed by atoms with Gasteiger partial charge in [0.15, 0.2) is 0 Å². The van der Waals surface area contributed by atoms with E-state index < -0.39 is 29.5 Å². The standard InChI is InChI=1S/C10H8F3NO2/c11-10(12,13)7-2-1-3-14-8(7)5-4-6(5)9(15)16/h1-3,5-6H,4H2,(H,15,16)/t5-,6-/m1/s1. The van der Waals surface area contributed by atoms with Crippen LogP contribution in [0.25, 0.3) is 0 Å². The van der Waals surface area contributed by atoms with Crippen LogP contribution in [0.3, 0.4) is 0 Å². The minimum absolute atomic E-state index is 0.151. The normalized spacial score (nSPS) is 24.2. The van der Waals surface area contributed by atoms with Gasteiger partial charge in [-0.1, -0.05) is 0 Å². The SMILES string of the molecule is O=C(O)[C@@H]1C[C@H]1c1ncccc1C(F)(F)F. The maximum Gasteiger partial charge on any atom is 0.418 e. The molecule has 0 amide bonds. The van der Waals surface area contributed by atoms with Crippen molar-refractivity contribution in [3.8, 4) is 0 Å². The number of aliphatic carboxylic acids is 1. The zero-order valence-electron chi connectivity index (χ0n) is 8.03. The highest BCUT2D eigenvalue weighted by Crippen LogP contribution is 2.50. The summed E-state index contributed by atoms with van der Waals surface area (Å²) in [6.45, 7) is 0. The molecule has 16 heavy (non-hydrogen) atoms. The van der Waals surface area contributed by atoms with Crippen LogP contribution in [0.4, 0.5) is 13.2 Å². The molecule has 0 radical (unpaired) electrons. The number of carboxylic acids is 1. The molecule has 6 heteroatoms. The molecular formula is C10H8F3NO2. The molecule has 0 saturated heterocycles. The third kappa shape index (κ3) is 1.87. The lowest BCUT2D eigenvalue weighted by atomic mass is 10.1. The lowest BCUT2D eigenvalue weighted by Gasteiger charge is -2.10. The van der Waals surface area contributed by atoms with Crippen molar-refractivity contribution >= 4 is 5.97 Å². The minimum atomic E-state index is -4.48. The Morgan fingerprint density at radius 1 is 1.50 bits per heavy atom. The lowest BCUT2D eigenvalue weighted by molar-refractivity contribution is -0.140. The second-order valence-electron chi connectivity index (χ2n) is 3.72. The van der Waals surface area contributed by atoms with Crippen molar-refractivity contribution in [3.63, 3.8) is 0 Å². The van der Waals surface area contributed by atoms with Gasteiger partial charge >= 0.3 is 12.1 Å². The van der Waals surface area contributed by atoms with Gasteiger partial charge in [-0.2, -0.15) is 13.2 Å². The van der Waals surface area contributed by atoms with Gasteiger partial charge in [0.25, 0.3) is 0 Å². The highest BCUT2D eigenvalue weighted by molar-refractivity contribution is 5.75. The van der Waals surface area contributed by atoms with Gasteiger partial charge in [-0.05, 0) is 18.6 Å². The zero-order chi connectivity index (χ0) is 11.9. The Hall–Kier alpha value is -1.59. The summed E-state index contributed by atoms with van der Waals surface area (Å²) in [7, 11) is 0. The first-order valence-electron chi connectivity index (χ1n) is 4.66. The van der Waals surface area contributed by atoms with E-state index >= 15 is 0 Å². The molecule has 0 unspecified atom stereocenters. The third-order valence-corrected chi connectivity index (χ3v) is 2.60. The smallest absolute Gasteiger partial charge is 0.418 e. The molecule has 1 aromatic heterocycles. The van der Waals surface area contributed by atoms with E-state index in [1.54, 1.807) is 0 Å². The number of rotatable bonds is 2. The number of halogens is 3. The van der Waals surface area contributed by atoms with Crippen LogP contribution in [0.15, 0.2) is 18.3 Å². The number of nitrogens with zero attached hydrogens (tertiary/aromatic N) is 1. The molecule has 1 heterocycles. The molecule has 2 rings (SSSR count). The summed E-state index contributed by atoms with van der Waals surface area (Å²) in [4.78, 5) is 14.3. The number of hydrogen-bond acceptors (Lipinski definition) is 2. The van der Waals surface area contributed by atoms with Crippen molar-refractivity contribution in [2.75, 3.05) is 0 Å². The van der Waals surface area contributed by atoms with Crippen LogP contribution in [0.2, 0.25) is 0 Å². The van der Waals surface area contributed by atoms with E-state index in [1.807, 2.05) is 0 Å². The van der Waals surface area contributed by atoms with Crippen LogP contribution in [0, 0.1) is 5.92 Å². The van der Waals surface area contributed by atoms with E-state index in [9.17, 15) is 18.0 Å². The summed E-state index contributed by atoms with van der Waals surface area (Å²) in [6, 6.07) is 2.13. The van der Waals surface area contributed by atoms with Crippen molar-refractivity contribution in [1.82, 2.24) is 4.98 Å². The van der Waals surface area contributed by atoms with Gasteiger partial charge in [-0.15, -0.1) is 0 Å². The van der Waals surface area contributed by atoms with E-state index in [0.29, 0.717) is 0 Å². The number of carboxylic acid groups (broad SMARTS) is 1. The summed E-state index contributed by atoms with van der Waals surface area (Å²) in [5.74, 6) is -2.39. The van der Waals surface area contributed by atoms with Crippen molar-refractivity contribution in [2.24, 2.45) is 5.92 Å². The molecule has 3 nitrogen and oxygen atoms in total. The van der Waals surface area contributed by atoms with Crippen LogP contribution < -0.4 is 0 Å². The first-order chi connectivity index (χ1) is 7.41. The molecule has 0 spiro atoms. The molecule has 1 fully saturated rings. The highest BCUT2D eigenvalue weighted by atomic mass is 19.4. The molecule has 1 aromatic rings. The van der Waals surface area contributed by atoms with E-state index in [2.05, 4.69) is 4.98 Å². The molecule has 0 aliphatic heterocycles. The molecule has 0 bridgehead atoms. The van der Waals surface area contributed by atoms with E-state index in [1.165, 1.54) is 12.3 Å². The van der Waals surface area contributed by atoms with Gasteiger partial charge in [-0.3, -0.25) is 9.78 Å². The van der Waals surface area contributed by atoms with Crippen LogP contribution >= 0.6 is 0 Å². The largest absolute Gasteiger partial charge is 0.481 e. The number of alkyl halides is 3. The summed E-state index contributed by atoms with van der Waals surface area (Å²) in [5.41, 5.74) is -0.980. The first kappa shape index (κ1) is 10.9. The average molecular weight is 231 g/mol. The number of carbonyl (C=O) groups is 1. The Labute approximate surface area is 88.9 Å². The van der Waals surface area contributed by atoms with Crippen molar-refractivity contribution in [1.29, 1.82) is 0 Å². The third-order valence-electron chi connectivity index (χ3n) is 2.60. The molecular weight excluding hydrogens is 223 g/mol. The fourth-order valence-electron chi connectivity index (χ4n) is 1.72. The van der Waals surface area contributed by atoms with Crippen molar-refractivity contribution in [2.45, 2.75) is 18.5 Å². The molecule has 1 aliphatic carbocycles. The van der Waals surface area contributed by atoms with E-state index in [-0.39, 0.29) is 12.1 Å². The molecule has 1 N–H and O–H groups in total. The Bertz CT molecular complexity index is 430. The molecule has 0 aromatic carbocycles. The Morgan fingerprint density at radius 3 is 2.69 bits per heavy atom. The van der Waals surface area contributed by atoms with Crippen LogP contribution in [-0.4, -0.2) is 16.1 Å². The fourth-order valence-corrected chi connectivity index (χ4v) is 1.72. The van der Waals surface area contributed by atoms with Crippen molar-refractivity contribution < 1.29 is 23.1 Å². The van der Waals surface area contributed by atoms with Gasteiger partial charge in [0.05, 0.1) is 17.2 Å². The Morgan fingerprint density at radius 2 is 2.19 bits per heavy atom. The summed E-state index contributed by atoms with van der Waals surface area (Å²) >= 11 is 0. The molecule has 1 aliphatic rings. The van der Waals surface area contributed by atoms with E-state index in [0.717, 1.165) is 6.07 Å². The number of aromatic nitrogens is 1. The topological polar surface area (TPSA) is 50.2 Å². The predicted octanol–water partition coefficient (Wildman–Crippen LogP) is 2.29. The fraction of sp³-hybridized carbons (Fsp3) is 0.400. The highest BCUT2D eigenvalue weighted by Gasteiger charge is 2.49. The first-order valence-corrected chi connectivity index (χ1v) is 4.66. The minimum Gasteiger partial charge on any atom is -0.481 e. The van der Waals surface area contributed by atoms with Gasteiger partial charge in [0.2, 0.25) is 0 Å². The quantitative estimate of drug-likeness (QED) is 0.849. The zero-order valence-corrected chi connectivity index (χ0v) is 8.03. The van der Waals surface area contributed by atoms with Gasteiger partial charge in [0.1, 0.15) is 0 Å².